The number of ether oxygens (including phenoxy) is 2. The van der Waals surface area contributed by atoms with Crippen molar-refractivity contribution in [3.63, 3.8) is 0 Å². The van der Waals surface area contributed by atoms with Crippen LogP contribution in [0.25, 0.3) is 0 Å². The van der Waals surface area contributed by atoms with Gasteiger partial charge in [-0.2, -0.15) is 0 Å². The molecule has 6 heteroatoms. The van der Waals surface area contributed by atoms with E-state index in [2.05, 4.69) is 5.32 Å². The van der Waals surface area contributed by atoms with Crippen LogP contribution in [0, 0.1) is 0 Å². The van der Waals surface area contributed by atoms with Crippen LogP contribution in [0.3, 0.4) is 0 Å². The van der Waals surface area contributed by atoms with Crippen LogP contribution < -0.4 is 14.8 Å². The molecule has 0 radical (unpaired) electrons. The van der Waals surface area contributed by atoms with Gasteiger partial charge in [0.15, 0.2) is 11.5 Å². The maximum Gasteiger partial charge on any atom is 0.180 e. The van der Waals surface area contributed by atoms with Crippen LogP contribution in [0.5, 0.6) is 11.5 Å². The Morgan fingerprint density at radius 2 is 1.57 bits per heavy atom. The van der Waals surface area contributed by atoms with Crippen LogP contribution in [-0.2, 0) is 19.6 Å². The maximum absolute atomic E-state index is 6.51. The van der Waals surface area contributed by atoms with Gasteiger partial charge in [-0.05, 0) is 60.8 Å². The summed E-state index contributed by atoms with van der Waals surface area (Å²) in [6.07, 6.45) is 0.932. The largest absolute Gasteiger partial charge is 0.490 e. The molecule has 3 aromatic rings. The molecule has 0 unspecified atom stereocenters. The summed E-state index contributed by atoms with van der Waals surface area (Å²) in [4.78, 5) is 0. The second-order valence-electron chi connectivity index (χ2n) is 6.67. The highest BCUT2D eigenvalue weighted by Crippen LogP contribution is 2.37. The summed E-state index contributed by atoms with van der Waals surface area (Å²) in [5.74, 6) is 1.26. The van der Waals surface area contributed by atoms with E-state index in [1.54, 1.807) is 0 Å². The van der Waals surface area contributed by atoms with E-state index in [9.17, 15) is 0 Å². The van der Waals surface area contributed by atoms with E-state index in [1.165, 1.54) is 5.56 Å². The summed E-state index contributed by atoms with van der Waals surface area (Å²) < 4.78 is 11.8. The van der Waals surface area contributed by atoms with Crippen LogP contribution in [0.15, 0.2) is 66.7 Å². The third-order valence-electron chi connectivity index (χ3n) is 4.43. The van der Waals surface area contributed by atoms with Gasteiger partial charge >= 0.3 is 0 Å². The topological polar surface area (TPSA) is 30.5 Å². The van der Waals surface area contributed by atoms with Gasteiger partial charge in [-0.1, -0.05) is 65.7 Å². The highest BCUT2D eigenvalue weighted by atomic mass is 35.5. The fourth-order valence-corrected chi connectivity index (χ4v) is 3.39. The van der Waals surface area contributed by atoms with Crippen molar-refractivity contribution in [3.05, 3.63) is 93.5 Å². The fourth-order valence-electron chi connectivity index (χ4n) is 2.97. The minimum atomic E-state index is 0. The molecule has 0 spiro atoms. The molecule has 0 aliphatic rings. The number of rotatable bonds is 10. The summed E-state index contributed by atoms with van der Waals surface area (Å²) in [6.45, 7) is 4.50. The van der Waals surface area contributed by atoms with Crippen molar-refractivity contribution in [1.82, 2.24) is 5.32 Å². The van der Waals surface area contributed by atoms with E-state index < -0.39 is 0 Å². The van der Waals surface area contributed by atoms with Gasteiger partial charge in [-0.15, -0.1) is 12.4 Å². The Morgan fingerprint density at radius 3 is 2.27 bits per heavy atom. The SMILES string of the molecule is CCOc1cc(CNCCc2ccc(Cl)cc2)cc(Cl)c1OCc1ccccc1.Cl. The van der Waals surface area contributed by atoms with Gasteiger partial charge in [-0.25, -0.2) is 0 Å². The lowest BCUT2D eigenvalue weighted by Crippen LogP contribution is -2.16. The quantitative estimate of drug-likeness (QED) is 0.336. The molecule has 30 heavy (non-hydrogen) atoms. The minimum Gasteiger partial charge on any atom is -0.490 e. The Labute approximate surface area is 194 Å². The molecule has 0 fully saturated rings. The third kappa shape index (κ3) is 7.41. The molecular formula is C24H26Cl3NO2. The molecule has 160 valence electrons. The van der Waals surface area contributed by atoms with Crippen molar-refractivity contribution in [1.29, 1.82) is 0 Å². The van der Waals surface area contributed by atoms with Crippen molar-refractivity contribution in [2.24, 2.45) is 0 Å². The van der Waals surface area contributed by atoms with E-state index >= 15 is 0 Å². The van der Waals surface area contributed by atoms with Crippen molar-refractivity contribution < 1.29 is 9.47 Å². The third-order valence-corrected chi connectivity index (χ3v) is 4.96. The van der Waals surface area contributed by atoms with Crippen LogP contribution in [0.4, 0.5) is 0 Å². The van der Waals surface area contributed by atoms with Gasteiger partial charge in [0.2, 0.25) is 0 Å². The monoisotopic (exact) mass is 465 g/mol. The molecule has 0 amide bonds. The lowest BCUT2D eigenvalue weighted by molar-refractivity contribution is 0.269. The lowest BCUT2D eigenvalue weighted by Gasteiger charge is -2.16. The Morgan fingerprint density at radius 1 is 0.833 bits per heavy atom. The van der Waals surface area contributed by atoms with Gasteiger partial charge in [0.1, 0.15) is 6.61 Å². The highest BCUT2D eigenvalue weighted by Gasteiger charge is 2.13. The van der Waals surface area contributed by atoms with Gasteiger partial charge in [0.25, 0.3) is 0 Å². The molecular weight excluding hydrogens is 441 g/mol. The summed E-state index contributed by atoms with van der Waals surface area (Å²) in [5, 5.41) is 4.77. The molecule has 0 aliphatic carbocycles. The molecule has 0 atom stereocenters. The van der Waals surface area contributed by atoms with Crippen molar-refractivity contribution in [2.45, 2.75) is 26.5 Å². The predicted octanol–water partition coefficient (Wildman–Crippen LogP) is 6.73. The molecule has 0 heterocycles. The van der Waals surface area contributed by atoms with Crippen LogP contribution in [0.2, 0.25) is 10.0 Å². The van der Waals surface area contributed by atoms with E-state index in [-0.39, 0.29) is 12.4 Å². The van der Waals surface area contributed by atoms with E-state index in [0.717, 1.165) is 29.1 Å². The summed E-state index contributed by atoms with van der Waals surface area (Å²) in [6, 6.07) is 21.9. The summed E-state index contributed by atoms with van der Waals surface area (Å²) >= 11 is 12.4. The first-order valence-corrected chi connectivity index (χ1v) is 10.5. The predicted molar refractivity (Wildman–Crippen MR) is 128 cm³/mol. The molecule has 3 nitrogen and oxygen atoms in total. The lowest BCUT2D eigenvalue weighted by atomic mass is 10.1. The Balaban J connectivity index is 0.00000320. The first-order chi connectivity index (χ1) is 14.2. The Kier molecular flexibility index (Phi) is 10.3. The van der Waals surface area contributed by atoms with Gasteiger partial charge in [-0.3, -0.25) is 0 Å². The average Bonchev–Trinajstić information content (AvgIpc) is 2.73. The maximum atomic E-state index is 6.51. The standard InChI is InChI=1S/C24H25Cl2NO2.ClH/c1-2-28-23-15-20(16-27-13-12-18-8-10-21(25)11-9-18)14-22(26)24(23)29-17-19-6-4-3-5-7-19;/h3-11,14-15,27H,2,12-13,16-17H2,1H3;1H. The molecule has 0 bridgehead atoms. The second-order valence-corrected chi connectivity index (χ2v) is 7.51. The van der Waals surface area contributed by atoms with Crippen LogP contribution in [-0.4, -0.2) is 13.2 Å². The molecule has 1 N–H and O–H groups in total. The molecule has 0 saturated heterocycles. The Hall–Kier alpha value is -1.91. The van der Waals surface area contributed by atoms with Crippen LogP contribution >= 0.6 is 35.6 Å². The molecule has 3 aromatic carbocycles. The molecule has 0 saturated carbocycles. The highest BCUT2D eigenvalue weighted by molar-refractivity contribution is 6.32. The fraction of sp³-hybridized carbons (Fsp3) is 0.250. The number of benzene rings is 3. The number of nitrogens with one attached hydrogen (secondary N) is 1. The van der Waals surface area contributed by atoms with Crippen molar-refractivity contribution in [2.75, 3.05) is 13.2 Å². The summed E-state index contributed by atoms with van der Waals surface area (Å²) in [5.41, 5.74) is 3.39. The number of hydrogen-bond donors (Lipinski definition) is 1. The van der Waals surface area contributed by atoms with E-state index in [1.807, 2.05) is 73.7 Å². The molecule has 0 aliphatic heterocycles. The van der Waals surface area contributed by atoms with Crippen molar-refractivity contribution >= 4 is 35.6 Å². The first-order valence-electron chi connectivity index (χ1n) is 9.73. The molecule has 3 rings (SSSR count). The number of halogens is 3. The normalized spacial score (nSPS) is 10.4. The van der Waals surface area contributed by atoms with Crippen LogP contribution in [0.1, 0.15) is 23.6 Å². The smallest absolute Gasteiger partial charge is 0.180 e. The Bertz CT molecular complexity index is 902. The first kappa shape index (κ1) is 24.4. The van der Waals surface area contributed by atoms with Crippen molar-refractivity contribution in [3.8, 4) is 11.5 Å². The van der Waals surface area contributed by atoms with Gasteiger partial charge in [0.05, 0.1) is 11.6 Å². The molecule has 0 aromatic heterocycles. The zero-order chi connectivity index (χ0) is 20.5. The number of hydrogen-bond acceptors (Lipinski definition) is 3. The minimum absolute atomic E-state index is 0. The second kappa shape index (κ2) is 12.7. The van der Waals surface area contributed by atoms with Gasteiger partial charge < -0.3 is 14.8 Å². The van der Waals surface area contributed by atoms with E-state index in [4.69, 9.17) is 32.7 Å². The zero-order valence-corrected chi connectivity index (χ0v) is 19.2. The van der Waals surface area contributed by atoms with Gasteiger partial charge in [0, 0.05) is 11.6 Å². The van der Waals surface area contributed by atoms with E-state index in [0.29, 0.717) is 36.3 Å². The zero-order valence-electron chi connectivity index (χ0n) is 16.9. The average molecular weight is 467 g/mol. The summed E-state index contributed by atoms with van der Waals surface area (Å²) in [7, 11) is 0.